The number of hydrogen-bond acceptors (Lipinski definition) is 3. The van der Waals surface area contributed by atoms with Crippen LogP contribution in [0.4, 0.5) is 4.39 Å². The molecule has 1 fully saturated rings. The number of esters is 1. The molecule has 0 radical (unpaired) electrons. The maximum Gasteiger partial charge on any atom is 0.308 e. The number of ether oxygens (including phenoxy) is 1. The Hall–Kier alpha value is -1.82. The molecule has 7 heteroatoms. The van der Waals surface area contributed by atoms with E-state index in [2.05, 4.69) is 29.1 Å². The molecule has 1 aromatic carbocycles. The van der Waals surface area contributed by atoms with Gasteiger partial charge in [-0.25, -0.2) is 4.39 Å². The first-order valence-electron chi connectivity index (χ1n) is 8.77. The van der Waals surface area contributed by atoms with Crippen molar-refractivity contribution in [2.24, 2.45) is 10.9 Å². The van der Waals surface area contributed by atoms with Crippen molar-refractivity contribution in [2.45, 2.75) is 32.1 Å². The molecule has 1 saturated heterocycles. The second-order valence-corrected chi connectivity index (χ2v) is 7.60. The van der Waals surface area contributed by atoms with Gasteiger partial charge in [-0.15, -0.1) is 0 Å². The molecule has 0 saturated carbocycles. The van der Waals surface area contributed by atoms with Crippen LogP contribution in [0.5, 0.6) is 0 Å². The van der Waals surface area contributed by atoms with E-state index in [-0.39, 0.29) is 23.1 Å². The molecule has 144 valence electrons. The Morgan fingerprint density at radius 3 is 2.62 bits per heavy atom. The van der Waals surface area contributed by atoms with Crippen molar-refractivity contribution in [3.63, 3.8) is 0 Å². The number of benzene rings is 1. The maximum absolute atomic E-state index is 13.3. The second-order valence-electron chi connectivity index (χ2n) is 7.19. The Bertz CT molecular complexity index is 671. The Morgan fingerprint density at radius 1 is 1.42 bits per heavy atom. The first kappa shape index (κ1) is 20.5. The fourth-order valence-electron chi connectivity index (χ4n) is 3.26. The molecule has 0 amide bonds. The molecule has 1 N–H and O–H groups in total. The molecular weight excluding hydrogens is 357 g/mol. The minimum atomic E-state index is -0.341. The number of piperidine rings is 1. The molecule has 1 aromatic rings. The molecule has 0 atom stereocenters. The van der Waals surface area contributed by atoms with E-state index >= 15 is 0 Å². The van der Waals surface area contributed by atoms with Crippen molar-refractivity contribution < 1.29 is 13.9 Å². The number of likely N-dealkylation sites (tertiary alicyclic amines) is 1. The summed E-state index contributed by atoms with van der Waals surface area (Å²) < 4.78 is 18.1. The molecule has 1 heterocycles. The van der Waals surface area contributed by atoms with Crippen LogP contribution in [-0.2, 0) is 14.9 Å². The largest absolute Gasteiger partial charge is 0.469 e. The SMILES string of the molecule is CN=C(NCC(C)(C)c1ccc(F)cc1Cl)N1CCC(C(=O)OC)CC1. The highest BCUT2D eigenvalue weighted by Gasteiger charge is 2.29. The summed E-state index contributed by atoms with van der Waals surface area (Å²) in [4.78, 5) is 18.2. The molecule has 5 nitrogen and oxygen atoms in total. The minimum Gasteiger partial charge on any atom is -0.469 e. The Kier molecular flexibility index (Phi) is 6.87. The van der Waals surface area contributed by atoms with Gasteiger partial charge in [0.25, 0.3) is 0 Å². The van der Waals surface area contributed by atoms with Crippen molar-refractivity contribution in [3.05, 3.63) is 34.6 Å². The topological polar surface area (TPSA) is 53.9 Å². The summed E-state index contributed by atoms with van der Waals surface area (Å²) in [6, 6.07) is 4.49. The predicted octanol–water partition coefficient (Wildman–Crippen LogP) is 3.22. The van der Waals surface area contributed by atoms with E-state index in [9.17, 15) is 9.18 Å². The lowest BCUT2D eigenvalue weighted by Crippen LogP contribution is -2.49. The van der Waals surface area contributed by atoms with E-state index < -0.39 is 0 Å². The second kappa shape index (κ2) is 8.71. The van der Waals surface area contributed by atoms with Gasteiger partial charge in [-0.2, -0.15) is 0 Å². The number of halogens is 2. The number of carbonyl (C=O) groups is 1. The molecule has 0 aromatic heterocycles. The Morgan fingerprint density at radius 2 is 2.08 bits per heavy atom. The third-order valence-electron chi connectivity index (χ3n) is 4.89. The average molecular weight is 384 g/mol. The van der Waals surface area contributed by atoms with Gasteiger partial charge in [0.15, 0.2) is 5.96 Å². The number of carbonyl (C=O) groups excluding carboxylic acids is 1. The summed E-state index contributed by atoms with van der Waals surface area (Å²) in [5.74, 6) is 0.273. The fraction of sp³-hybridized carbons (Fsp3) is 0.579. The van der Waals surface area contributed by atoms with Gasteiger partial charge in [-0.1, -0.05) is 31.5 Å². The van der Waals surface area contributed by atoms with Crippen molar-refractivity contribution in [2.75, 3.05) is 33.8 Å². The third kappa shape index (κ3) is 4.87. The Labute approximate surface area is 159 Å². The van der Waals surface area contributed by atoms with Crippen LogP contribution in [0.3, 0.4) is 0 Å². The number of aliphatic imine (C=N–C) groups is 1. The minimum absolute atomic E-state index is 0.0381. The lowest BCUT2D eigenvalue weighted by Gasteiger charge is -2.35. The van der Waals surface area contributed by atoms with Crippen LogP contribution in [0, 0.1) is 11.7 Å². The molecule has 26 heavy (non-hydrogen) atoms. The number of methoxy groups -OCH3 is 1. The van der Waals surface area contributed by atoms with Crippen LogP contribution in [0.25, 0.3) is 0 Å². The van der Waals surface area contributed by atoms with Gasteiger partial charge < -0.3 is 15.0 Å². The lowest BCUT2D eigenvalue weighted by atomic mass is 9.84. The standard InChI is InChI=1S/C19H27ClFN3O2/c1-19(2,15-6-5-14(21)11-16(15)20)12-23-18(22-3)24-9-7-13(8-10-24)17(25)26-4/h5-6,11,13H,7-10,12H2,1-4H3,(H,22,23). The smallest absolute Gasteiger partial charge is 0.308 e. The van der Waals surface area contributed by atoms with Crippen LogP contribution in [-0.4, -0.2) is 50.6 Å². The van der Waals surface area contributed by atoms with Gasteiger partial charge >= 0.3 is 5.97 Å². The van der Waals surface area contributed by atoms with Crippen LogP contribution in [0.2, 0.25) is 5.02 Å². The van der Waals surface area contributed by atoms with E-state index in [1.165, 1.54) is 19.2 Å². The van der Waals surface area contributed by atoms with Crippen molar-refractivity contribution >= 4 is 23.5 Å². The average Bonchev–Trinajstić information content (AvgIpc) is 2.61. The monoisotopic (exact) mass is 383 g/mol. The molecule has 2 rings (SSSR count). The van der Waals surface area contributed by atoms with Crippen molar-refractivity contribution in [1.82, 2.24) is 10.2 Å². The zero-order valence-corrected chi connectivity index (χ0v) is 16.6. The van der Waals surface area contributed by atoms with Gasteiger partial charge in [-0.05, 0) is 30.5 Å². The number of hydrogen-bond donors (Lipinski definition) is 1. The summed E-state index contributed by atoms with van der Waals surface area (Å²) in [7, 11) is 3.17. The zero-order chi connectivity index (χ0) is 19.3. The van der Waals surface area contributed by atoms with Gasteiger partial charge in [0, 0.05) is 37.1 Å². The summed E-state index contributed by atoms with van der Waals surface area (Å²) in [6.45, 7) is 6.20. The highest BCUT2D eigenvalue weighted by atomic mass is 35.5. The third-order valence-corrected chi connectivity index (χ3v) is 5.20. The van der Waals surface area contributed by atoms with E-state index in [0.717, 1.165) is 37.5 Å². The van der Waals surface area contributed by atoms with Crippen LogP contribution in [0.15, 0.2) is 23.2 Å². The molecule has 0 aliphatic carbocycles. The maximum atomic E-state index is 13.3. The zero-order valence-electron chi connectivity index (χ0n) is 15.8. The fourth-order valence-corrected chi connectivity index (χ4v) is 3.68. The van der Waals surface area contributed by atoms with Gasteiger partial charge in [0.1, 0.15) is 5.82 Å². The highest BCUT2D eigenvalue weighted by molar-refractivity contribution is 6.31. The van der Waals surface area contributed by atoms with E-state index in [1.807, 2.05) is 0 Å². The van der Waals surface area contributed by atoms with Crippen LogP contribution < -0.4 is 5.32 Å². The van der Waals surface area contributed by atoms with Crippen molar-refractivity contribution in [3.8, 4) is 0 Å². The van der Waals surface area contributed by atoms with Crippen LogP contribution in [0.1, 0.15) is 32.3 Å². The van der Waals surface area contributed by atoms with E-state index in [0.29, 0.717) is 11.6 Å². The molecule has 1 aliphatic heterocycles. The van der Waals surface area contributed by atoms with Crippen LogP contribution >= 0.6 is 11.6 Å². The van der Waals surface area contributed by atoms with E-state index in [4.69, 9.17) is 16.3 Å². The number of nitrogens with zero attached hydrogens (tertiary/aromatic N) is 2. The number of guanidine groups is 1. The number of nitrogens with one attached hydrogen (secondary N) is 1. The summed E-state index contributed by atoms with van der Waals surface area (Å²) in [6.07, 6.45) is 1.50. The van der Waals surface area contributed by atoms with E-state index in [1.54, 1.807) is 13.1 Å². The molecule has 1 aliphatic rings. The summed E-state index contributed by atoms with van der Waals surface area (Å²) in [5.41, 5.74) is 0.582. The Balaban J connectivity index is 1.97. The molecule has 0 bridgehead atoms. The molecule has 0 spiro atoms. The number of rotatable bonds is 4. The predicted molar refractivity (Wildman–Crippen MR) is 102 cm³/mol. The van der Waals surface area contributed by atoms with Gasteiger partial charge in [0.05, 0.1) is 13.0 Å². The molecular formula is C19H27ClFN3O2. The highest BCUT2D eigenvalue weighted by Crippen LogP contribution is 2.30. The van der Waals surface area contributed by atoms with Crippen molar-refractivity contribution in [1.29, 1.82) is 0 Å². The first-order chi connectivity index (χ1) is 12.3. The van der Waals surface area contributed by atoms with Gasteiger partial charge in [0.2, 0.25) is 0 Å². The van der Waals surface area contributed by atoms with Gasteiger partial charge in [-0.3, -0.25) is 9.79 Å². The normalized spacial score (nSPS) is 16.5. The summed E-state index contributed by atoms with van der Waals surface area (Å²) in [5, 5.41) is 3.81. The molecule has 0 unspecified atom stereocenters. The first-order valence-corrected chi connectivity index (χ1v) is 9.15. The summed E-state index contributed by atoms with van der Waals surface area (Å²) >= 11 is 6.22. The quantitative estimate of drug-likeness (QED) is 0.492. The lowest BCUT2D eigenvalue weighted by molar-refractivity contribution is -0.146.